The first-order valence-electron chi connectivity index (χ1n) is 10.5. The lowest BCUT2D eigenvalue weighted by atomic mass is 10.1. The third-order valence-corrected chi connectivity index (χ3v) is 5.67. The Kier molecular flexibility index (Phi) is 7.52. The molecule has 1 aliphatic heterocycles. The van der Waals surface area contributed by atoms with Gasteiger partial charge in [0, 0.05) is 52.4 Å². The smallest absolute Gasteiger partial charge is 0.289 e. The quantitative estimate of drug-likeness (QED) is 0.585. The summed E-state index contributed by atoms with van der Waals surface area (Å²) in [5, 5.41) is 3.51. The summed E-state index contributed by atoms with van der Waals surface area (Å²) in [7, 11) is 3.96. The SMILES string of the molecule is CN=C(NCc1ccccc1CN(C)C(C)C)N1CCN(C(=O)c2ccco2)CC1. The fraction of sp³-hybridized carbons (Fsp3) is 0.478. The average Bonchev–Trinajstić information content (AvgIpc) is 3.30. The largest absolute Gasteiger partial charge is 0.459 e. The van der Waals surface area contributed by atoms with Gasteiger partial charge < -0.3 is 19.5 Å². The van der Waals surface area contributed by atoms with Gasteiger partial charge in [-0.1, -0.05) is 24.3 Å². The summed E-state index contributed by atoms with van der Waals surface area (Å²) in [6.45, 7) is 8.83. The Morgan fingerprint density at radius 2 is 1.77 bits per heavy atom. The molecule has 7 nitrogen and oxygen atoms in total. The van der Waals surface area contributed by atoms with Gasteiger partial charge in [0.2, 0.25) is 0 Å². The van der Waals surface area contributed by atoms with Crippen molar-refractivity contribution < 1.29 is 9.21 Å². The van der Waals surface area contributed by atoms with E-state index in [0.29, 0.717) is 24.9 Å². The first-order chi connectivity index (χ1) is 14.5. The Labute approximate surface area is 179 Å². The molecule has 162 valence electrons. The second kappa shape index (κ2) is 10.3. The third kappa shape index (κ3) is 5.42. The summed E-state index contributed by atoms with van der Waals surface area (Å²) in [6, 6.07) is 12.5. The van der Waals surface area contributed by atoms with E-state index in [-0.39, 0.29) is 5.91 Å². The van der Waals surface area contributed by atoms with Crippen LogP contribution >= 0.6 is 0 Å². The number of nitrogens with one attached hydrogen (secondary N) is 1. The van der Waals surface area contributed by atoms with Gasteiger partial charge in [-0.15, -0.1) is 0 Å². The molecule has 1 aromatic heterocycles. The summed E-state index contributed by atoms with van der Waals surface area (Å²) in [5.74, 6) is 1.21. The maximum Gasteiger partial charge on any atom is 0.289 e. The van der Waals surface area contributed by atoms with Crippen molar-refractivity contribution in [2.75, 3.05) is 40.3 Å². The van der Waals surface area contributed by atoms with Crippen LogP contribution in [0.5, 0.6) is 0 Å². The molecule has 30 heavy (non-hydrogen) atoms. The van der Waals surface area contributed by atoms with E-state index in [1.54, 1.807) is 19.2 Å². The number of guanidine groups is 1. The number of piperazine rings is 1. The highest BCUT2D eigenvalue weighted by atomic mass is 16.3. The number of carbonyl (C=O) groups is 1. The number of amides is 1. The number of hydrogen-bond acceptors (Lipinski definition) is 4. The molecule has 0 saturated carbocycles. The van der Waals surface area contributed by atoms with Crippen molar-refractivity contribution in [3.8, 4) is 0 Å². The number of aliphatic imine (C=N–C) groups is 1. The van der Waals surface area contributed by atoms with Crippen molar-refractivity contribution in [1.82, 2.24) is 20.0 Å². The zero-order valence-corrected chi connectivity index (χ0v) is 18.5. The molecule has 1 saturated heterocycles. The summed E-state index contributed by atoms with van der Waals surface area (Å²) in [4.78, 5) is 23.3. The Bertz CT molecular complexity index is 839. The number of nitrogens with zero attached hydrogens (tertiary/aromatic N) is 4. The Morgan fingerprint density at radius 3 is 2.37 bits per heavy atom. The van der Waals surface area contributed by atoms with Gasteiger partial charge in [-0.25, -0.2) is 0 Å². The van der Waals surface area contributed by atoms with Crippen LogP contribution in [0.1, 0.15) is 35.5 Å². The number of furan rings is 1. The minimum absolute atomic E-state index is 0.0502. The van der Waals surface area contributed by atoms with Gasteiger partial charge in [-0.3, -0.25) is 14.7 Å². The topological polar surface area (TPSA) is 64.3 Å². The van der Waals surface area contributed by atoms with Crippen LogP contribution in [0.25, 0.3) is 0 Å². The van der Waals surface area contributed by atoms with Crippen molar-refractivity contribution in [3.63, 3.8) is 0 Å². The first-order valence-corrected chi connectivity index (χ1v) is 10.5. The molecule has 0 unspecified atom stereocenters. The third-order valence-electron chi connectivity index (χ3n) is 5.67. The molecular formula is C23H33N5O2. The van der Waals surface area contributed by atoms with E-state index < -0.39 is 0 Å². The van der Waals surface area contributed by atoms with Gasteiger partial charge in [0.25, 0.3) is 5.91 Å². The second-order valence-corrected chi connectivity index (χ2v) is 7.93. The highest BCUT2D eigenvalue weighted by Gasteiger charge is 2.25. The molecule has 1 amide bonds. The molecule has 0 aliphatic carbocycles. The van der Waals surface area contributed by atoms with Gasteiger partial charge in [0.05, 0.1) is 6.26 Å². The van der Waals surface area contributed by atoms with E-state index in [2.05, 4.69) is 65.3 Å². The van der Waals surface area contributed by atoms with Gasteiger partial charge in [0.15, 0.2) is 11.7 Å². The van der Waals surface area contributed by atoms with E-state index in [1.807, 2.05) is 4.90 Å². The van der Waals surface area contributed by atoms with Crippen LogP contribution in [0.4, 0.5) is 0 Å². The molecule has 2 aromatic rings. The molecule has 1 fully saturated rings. The zero-order valence-electron chi connectivity index (χ0n) is 18.5. The lowest BCUT2D eigenvalue weighted by molar-refractivity contribution is 0.0657. The van der Waals surface area contributed by atoms with E-state index in [1.165, 1.54) is 17.4 Å². The predicted octanol–water partition coefficient (Wildman–Crippen LogP) is 2.65. The highest BCUT2D eigenvalue weighted by Crippen LogP contribution is 2.13. The molecule has 0 atom stereocenters. The fourth-order valence-electron chi connectivity index (χ4n) is 3.52. The maximum absolute atomic E-state index is 12.5. The lowest BCUT2D eigenvalue weighted by Gasteiger charge is -2.36. The van der Waals surface area contributed by atoms with Crippen LogP contribution < -0.4 is 5.32 Å². The summed E-state index contributed by atoms with van der Waals surface area (Å²) in [6.07, 6.45) is 1.53. The second-order valence-electron chi connectivity index (χ2n) is 7.93. The van der Waals surface area contributed by atoms with Crippen molar-refractivity contribution in [2.45, 2.75) is 33.0 Å². The minimum atomic E-state index is -0.0502. The molecule has 3 rings (SSSR count). The Hall–Kier alpha value is -2.80. The lowest BCUT2D eigenvalue weighted by Crippen LogP contribution is -2.53. The van der Waals surface area contributed by atoms with Crippen molar-refractivity contribution in [3.05, 3.63) is 59.5 Å². The molecule has 0 radical (unpaired) electrons. The van der Waals surface area contributed by atoms with E-state index in [0.717, 1.165) is 32.1 Å². The van der Waals surface area contributed by atoms with Gasteiger partial charge in [-0.2, -0.15) is 0 Å². The van der Waals surface area contributed by atoms with Gasteiger partial charge in [-0.05, 0) is 44.2 Å². The van der Waals surface area contributed by atoms with Crippen molar-refractivity contribution in [2.24, 2.45) is 4.99 Å². The standard InChI is InChI=1S/C23H33N5O2/c1-18(2)26(4)17-20-9-6-5-8-19(20)16-25-23(24-3)28-13-11-27(12-14-28)22(29)21-10-7-15-30-21/h5-10,15,18H,11-14,16-17H2,1-4H3,(H,24,25). The van der Waals surface area contributed by atoms with Crippen LogP contribution in [-0.2, 0) is 13.1 Å². The van der Waals surface area contributed by atoms with Crippen LogP contribution in [0, 0.1) is 0 Å². The summed E-state index contributed by atoms with van der Waals surface area (Å²) >= 11 is 0. The van der Waals surface area contributed by atoms with Crippen LogP contribution in [0.2, 0.25) is 0 Å². The normalized spacial score (nSPS) is 15.2. The molecule has 0 bridgehead atoms. The van der Waals surface area contributed by atoms with Crippen LogP contribution in [0.15, 0.2) is 52.1 Å². The van der Waals surface area contributed by atoms with Gasteiger partial charge in [0.1, 0.15) is 0 Å². The van der Waals surface area contributed by atoms with Crippen LogP contribution in [0.3, 0.4) is 0 Å². The fourth-order valence-corrected chi connectivity index (χ4v) is 3.52. The highest BCUT2D eigenvalue weighted by molar-refractivity contribution is 5.91. The van der Waals surface area contributed by atoms with Gasteiger partial charge >= 0.3 is 0 Å². The van der Waals surface area contributed by atoms with Crippen molar-refractivity contribution in [1.29, 1.82) is 0 Å². The molecule has 1 aliphatic rings. The predicted molar refractivity (Wildman–Crippen MR) is 119 cm³/mol. The van der Waals surface area contributed by atoms with E-state index in [9.17, 15) is 4.79 Å². The Balaban J connectivity index is 1.55. The zero-order chi connectivity index (χ0) is 21.5. The Morgan fingerprint density at radius 1 is 1.10 bits per heavy atom. The molecule has 2 heterocycles. The van der Waals surface area contributed by atoms with Crippen molar-refractivity contribution >= 4 is 11.9 Å². The van der Waals surface area contributed by atoms with Crippen LogP contribution in [-0.4, -0.2) is 72.9 Å². The number of carbonyl (C=O) groups excluding carboxylic acids is 1. The number of rotatable bonds is 6. The average molecular weight is 412 g/mol. The van der Waals surface area contributed by atoms with E-state index in [4.69, 9.17) is 4.42 Å². The number of hydrogen-bond donors (Lipinski definition) is 1. The monoisotopic (exact) mass is 411 g/mol. The minimum Gasteiger partial charge on any atom is -0.459 e. The first kappa shape index (κ1) is 21.9. The molecule has 1 N–H and O–H groups in total. The van der Waals surface area contributed by atoms with E-state index >= 15 is 0 Å². The molecule has 7 heteroatoms. The maximum atomic E-state index is 12.5. The molecule has 1 aromatic carbocycles. The molecular weight excluding hydrogens is 378 g/mol. The number of benzene rings is 1. The molecule has 0 spiro atoms. The summed E-state index contributed by atoms with van der Waals surface area (Å²) in [5.41, 5.74) is 2.60. The summed E-state index contributed by atoms with van der Waals surface area (Å²) < 4.78 is 5.24.